The molecule has 248 valence electrons. The maximum atomic E-state index is 12.9. The van der Waals surface area contributed by atoms with Gasteiger partial charge in [0.15, 0.2) is 13.2 Å². The quantitative estimate of drug-likeness (QED) is 0.172. The Bertz CT molecular complexity index is 1310. The molecular weight excluding hydrogens is 588 g/mol. The van der Waals surface area contributed by atoms with Gasteiger partial charge in [-0.3, -0.25) is 0 Å². The molecule has 8 aliphatic carbocycles. The smallest absolute Gasteiger partial charge is 0.344 e. The Hall–Kier alpha value is -2.80. The maximum absolute atomic E-state index is 12.9. The molecule has 6 atom stereocenters. The van der Waals surface area contributed by atoms with Crippen LogP contribution in [0.4, 0.5) is 0 Å². The summed E-state index contributed by atoms with van der Waals surface area (Å²) in [6.45, 7) is 9.33. The minimum atomic E-state index is -1.28. The lowest BCUT2D eigenvalue weighted by atomic mass is 9.44. The van der Waals surface area contributed by atoms with Crippen LogP contribution in [0.5, 0.6) is 0 Å². The van der Waals surface area contributed by atoms with Crippen LogP contribution in [0.25, 0.3) is 0 Å². The summed E-state index contributed by atoms with van der Waals surface area (Å²) in [5, 5.41) is 35.0. The predicted molar refractivity (Wildman–Crippen MR) is 154 cm³/mol. The molecule has 0 saturated heterocycles. The van der Waals surface area contributed by atoms with E-state index in [2.05, 4.69) is 20.1 Å². The summed E-state index contributed by atoms with van der Waals surface area (Å²) in [5.41, 5.74) is -7.66. The number of ether oxygens (including phenoxy) is 5. The van der Waals surface area contributed by atoms with Crippen LogP contribution >= 0.6 is 0 Å². The van der Waals surface area contributed by atoms with E-state index in [4.69, 9.17) is 23.7 Å². The molecule has 0 aromatic rings. The molecule has 0 heterocycles. The van der Waals surface area contributed by atoms with Crippen molar-refractivity contribution >= 4 is 23.9 Å². The van der Waals surface area contributed by atoms with Crippen molar-refractivity contribution in [3.05, 3.63) is 24.8 Å². The molecule has 0 radical (unpaired) electrons. The Kier molecular flexibility index (Phi) is 7.22. The van der Waals surface area contributed by atoms with Crippen molar-refractivity contribution in [3.8, 4) is 0 Å². The zero-order valence-corrected chi connectivity index (χ0v) is 26.1. The predicted octanol–water partition coefficient (Wildman–Crippen LogP) is 2.10. The molecule has 8 bridgehead atoms. The topological polar surface area (TPSA) is 175 Å². The summed E-state index contributed by atoms with van der Waals surface area (Å²) in [4.78, 5) is 48.9. The number of rotatable bonds is 11. The van der Waals surface area contributed by atoms with Gasteiger partial charge in [-0.1, -0.05) is 20.1 Å². The lowest BCUT2D eigenvalue weighted by Crippen LogP contribution is -2.73. The average molecular weight is 633 g/mol. The van der Waals surface area contributed by atoms with E-state index in [9.17, 15) is 34.5 Å². The van der Waals surface area contributed by atoms with E-state index in [1.165, 1.54) is 6.92 Å². The van der Waals surface area contributed by atoms with Crippen molar-refractivity contribution in [3.63, 3.8) is 0 Å². The van der Waals surface area contributed by atoms with Crippen molar-refractivity contribution in [2.24, 2.45) is 10.8 Å². The first-order valence-electron chi connectivity index (χ1n) is 15.6. The maximum Gasteiger partial charge on any atom is 0.344 e. The van der Waals surface area contributed by atoms with Crippen LogP contribution in [0.15, 0.2) is 24.8 Å². The Morgan fingerprint density at radius 2 is 1.20 bits per heavy atom. The van der Waals surface area contributed by atoms with Crippen LogP contribution < -0.4 is 0 Å². The number of hydrogen-bond acceptors (Lipinski definition) is 12. The van der Waals surface area contributed by atoms with E-state index in [1.54, 1.807) is 0 Å². The fraction of sp³-hybridized carbons (Fsp3) is 0.758. The van der Waals surface area contributed by atoms with E-state index in [-0.39, 0.29) is 43.3 Å². The molecule has 0 aromatic heterocycles. The molecule has 0 aromatic carbocycles. The third kappa shape index (κ3) is 6.06. The van der Waals surface area contributed by atoms with E-state index in [0.717, 1.165) is 6.08 Å². The zero-order chi connectivity index (χ0) is 32.7. The van der Waals surface area contributed by atoms with Crippen LogP contribution in [0.2, 0.25) is 0 Å². The minimum absolute atomic E-state index is 0.134. The molecule has 0 aliphatic heterocycles. The monoisotopic (exact) mass is 632 g/mol. The Morgan fingerprint density at radius 1 is 0.689 bits per heavy atom. The summed E-state index contributed by atoms with van der Waals surface area (Å²) in [7, 11) is 0. The highest BCUT2D eigenvalue weighted by Crippen LogP contribution is 2.69. The van der Waals surface area contributed by atoms with Gasteiger partial charge in [0.05, 0.1) is 29.0 Å². The van der Waals surface area contributed by atoms with Crippen LogP contribution in [0.1, 0.15) is 90.9 Å². The van der Waals surface area contributed by atoms with Gasteiger partial charge in [0, 0.05) is 55.6 Å². The van der Waals surface area contributed by atoms with Gasteiger partial charge in [0.1, 0.15) is 11.2 Å². The van der Waals surface area contributed by atoms with E-state index >= 15 is 0 Å². The normalized spacial score (nSPS) is 45.1. The molecule has 6 unspecified atom stereocenters. The molecular formula is C33H44O12. The third-order valence-electron chi connectivity index (χ3n) is 10.8. The summed E-state index contributed by atoms with van der Waals surface area (Å²) < 4.78 is 28.6. The molecule has 0 amide bonds. The fourth-order valence-electron chi connectivity index (χ4n) is 11.3. The lowest BCUT2D eigenvalue weighted by Gasteiger charge is -2.69. The molecule has 8 aliphatic rings. The van der Waals surface area contributed by atoms with Gasteiger partial charge >= 0.3 is 23.9 Å². The first-order chi connectivity index (χ1) is 20.8. The lowest BCUT2D eigenvalue weighted by molar-refractivity contribution is -0.322. The average Bonchev–Trinajstić information content (AvgIpc) is 2.84. The molecule has 8 rings (SSSR count). The highest BCUT2D eigenvalue weighted by Gasteiger charge is 2.72. The summed E-state index contributed by atoms with van der Waals surface area (Å²) in [6, 6.07) is 0. The van der Waals surface area contributed by atoms with Gasteiger partial charge in [0.25, 0.3) is 0 Å². The molecule has 45 heavy (non-hydrogen) atoms. The second-order valence-corrected chi connectivity index (χ2v) is 16.1. The second-order valence-electron chi connectivity index (χ2n) is 16.1. The van der Waals surface area contributed by atoms with Gasteiger partial charge in [-0.25, -0.2) is 19.2 Å². The first kappa shape index (κ1) is 32.2. The van der Waals surface area contributed by atoms with Crippen LogP contribution in [-0.2, 0) is 42.9 Å². The minimum Gasteiger partial charge on any atom is -0.456 e. The molecule has 8 fully saturated rings. The highest BCUT2D eigenvalue weighted by atomic mass is 16.6. The Morgan fingerprint density at radius 3 is 1.76 bits per heavy atom. The Labute approximate surface area is 262 Å². The number of esters is 4. The fourth-order valence-corrected chi connectivity index (χ4v) is 11.3. The second kappa shape index (κ2) is 10.1. The van der Waals surface area contributed by atoms with Crippen molar-refractivity contribution in [2.45, 2.75) is 125 Å². The van der Waals surface area contributed by atoms with Crippen LogP contribution in [0, 0.1) is 10.8 Å². The summed E-state index contributed by atoms with van der Waals surface area (Å²) in [5.74, 6) is -2.93. The SMILES string of the molecule is C=CC(=O)OCC(=O)OC12CC3(O)CC(O)(CC(COC45CC6(C)CC(O)(C4)CC(OC(=O)COC(=O)C(=C)C)(C6)C5)(C3)C1)C2. The summed E-state index contributed by atoms with van der Waals surface area (Å²) >= 11 is 0. The van der Waals surface area contributed by atoms with E-state index in [0.29, 0.717) is 51.4 Å². The molecule has 8 saturated carbocycles. The number of aliphatic hydroxyl groups is 3. The number of carbonyl (C=O) groups excluding carboxylic acids is 4. The molecule has 0 spiro atoms. The van der Waals surface area contributed by atoms with Crippen LogP contribution in [-0.4, -0.2) is 92.6 Å². The van der Waals surface area contributed by atoms with Gasteiger partial charge in [-0.15, -0.1) is 0 Å². The van der Waals surface area contributed by atoms with Gasteiger partial charge in [-0.2, -0.15) is 0 Å². The zero-order valence-electron chi connectivity index (χ0n) is 26.1. The largest absolute Gasteiger partial charge is 0.456 e. The first-order valence-corrected chi connectivity index (χ1v) is 15.6. The van der Waals surface area contributed by atoms with Crippen molar-refractivity contribution in [2.75, 3.05) is 19.8 Å². The summed E-state index contributed by atoms with van der Waals surface area (Å²) in [6.07, 6.45) is 5.10. The van der Waals surface area contributed by atoms with Crippen molar-refractivity contribution in [1.82, 2.24) is 0 Å². The van der Waals surface area contributed by atoms with E-state index < -0.39 is 76.1 Å². The molecule has 12 nitrogen and oxygen atoms in total. The van der Waals surface area contributed by atoms with Crippen molar-refractivity contribution < 1.29 is 58.2 Å². The third-order valence-corrected chi connectivity index (χ3v) is 10.8. The van der Waals surface area contributed by atoms with Gasteiger partial charge in [0.2, 0.25) is 0 Å². The standard InChI is InChI=1S/C33H44O12/c1-5-22(34)41-6-23(35)45-33-13-27(11-29(39,17-33)14-30(40,12-27)18-33)20-43-31-9-26(4)8-28(38,15-31)16-32(10-26,19-31)44-24(36)7-42-25(37)21(2)3/h5,38-40H,1-2,6-20H2,3-4H3. The van der Waals surface area contributed by atoms with Crippen molar-refractivity contribution in [1.29, 1.82) is 0 Å². The number of carbonyl (C=O) groups is 4. The van der Waals surface area contributed by atoms with Gasteiger partial charge < -0.3 is 39.0 Å². The van der Waals surface area contributed by atoms with Crippen LogP contribution in [0.3, 0.4) is 0 Å². The molecule has 12 heteroatoms. The molecule has 3 N–H and O–H groups in total. The highest BCUT2D eigenvalue weighted by molar-refractivity contribution is 5.88. The number of hydrogen-bond donors (Lipinski definition) is 3. The van der Waals surface area contributed by atoms with Gasteiger partial charge in [-0.05, 0) is 50.9 Å². The van der Waals surface area contributed by atoms with E-state index in [1.807, 2.05) is 0 Å². The Balaban J connectivity index is 1.20.